The standard InChI is InChI=1S/C16H18N4O3S/c1-11-2-4-13(5-3-11)20-10-17-18-16(20)24-9-14(21)19(8-15(22)23)12-6-7-12/h2-5,10,12H,6-9H2,1H3,(H,22,23). The second-order valence-corrected chi connectivity index (χ2v) is 6.70. The highest BCUT2D eigenvalue weighted by Gasteiger charge is 2.33. The van der Waals surface area contributed by atoms with Crippen molar-refractivity contribution in [2.75, 3.05) is 12.3 Å². The topological polar surface area (TPSA) is 88.3 Å². The number of benzene rings is 1. The van der Waals surface area contributed by atoms with Gasteiger partial charge in [0.15, 0.2) is 5.16 Å². The average molecular weight is 346 g/mol. The Balaban J connectivity index is 1.66. The molecule has 1 fully saturated rings. The van der Waals surface area contributed by atoms with E-state index in [1.807, 2.05) is 35.8 Å². The number of amides is 1. The zero-order valence-electron chi connectivity index (χ0n) is 13.3. The lowest BCUT2D eigenvalue weighted by Gasteiger charge is -2.19. The van der Waals surface area contributed by atoms with E-state index in [1.54, 1.807) is 6.33 Å². The van der Waals surface area contributed by atoms with Crippen molar-refractivity contribution in [2.24, 2.45) is 0 Å². The Morgan fingerprint density at radius 3 is 2.67 bits per heavy atom. The number of carboxylic acids is 1. The molecule has 1 saturated carbocycles. The summed E-state index contributed by atoms with van der Waals surface area (Å²) in [7, 11) is 0. The van der Waals surface area contributed by atoms with Crippen molar-refractivity contribution < 1.29 is 14.7 Å². The normalized spacial score (nSPS) is 13.7. The maximum absolute atomic E-state index is 12.3. The maximum Gasteiger partial charge on any atom is 0.323 e. The Kier molecular flexibility index (Phi) is 4.84. The number of aromatic nitrogens is 3. The number of thioether (sulfide) groups is 1. The fraction of sp³-hybridized carbons (Fsp3) is 0.375. The quantitative estimate of drug-likeness (QED) is 0.768. The van der Waals surface area contributed by atoms with Crippen LogP contribution in [0.4, 0.5) is 0 Å². The summed E-state index contributed by atoms with van der Waals surface area (Å²) in [4.78, 5) is 24.7. The minimum Gasteiger partial charge on any atom is -0.480 e. The van der Waals surface area contributed by atoms with E-state index in [2.05, 4.69) is 10.2 Å². The van der Waals surface area contributed by atoms with E-state index in [4.69, 9.17) is 5.11 Å². The summed E-state index contributed by atoms with van der Waals surface area (Å²) in [5.41, 5.74) is 2.08. The molecule has 1 aliphatic carbocycles. The Bertz CT molecular complexity index is 740. The monoisotopic (exact) mass is 346 g/mol. The summed E-state index contributed by atoms with van der Waals surface area (Å²) in [6.45, 7) is 1.77. The lowest BCUT2D eigenvalue weighted by molar-refractivity contribution is -0.143. The number of aliphatic carboxylic acids is 1. The van der Waals surface area contributed by atoms with E-state index < -0.39 is 5.97 Å². The van der Waals surface area contributed by atoms with Crippen LogP contribution in [0.5, 0.6) is 0 Å². The van der Waals surface area contributed by atoms with E-state index in [0.717, 1.165) is 24.1 Å². The molecule has 126 valence electrons. The van der Waals surface area contributed by atoms with Crippen LogP contribution in [0.2, 0.25) is 0 Å². The summed E-state index contributed by atoms with van der Waals surface area (Å²) in [5.74, 6) is -1.01. The first-order valence-corrected chi connectivity index (χ1v) is 8.64. The van der Waals surface area contributed by atoms with Crippen LogP contribution >= 0.6 is 11.8 Å². The predicted molar refractivity (Wildman–Crippen MR) is 89.2 cm³/mol. The summed E-state index contributed by atoms with van der Waals surface area (Å²) >= 11 is 1.27. The summed E-state index contributed by atoms with van der Waals surface area (Å²) in [6.07, 6.45) is 3.36. The second-order valence-electron chi connectivity index (χ2n) is 5.75. The van der Waals surface area contributed by atoms with Crippen LogP contribution in [-0.2, 0) is 9.59 Å². The van der Waals surface area contributed by atoms with E-state index >= 15 is 0 Å². The maximum atomic E-state index is 12.3. The highest BCUT2D eigenvalue weighted by Crippen LogP contribution is 2.28. The van der Waals surface area contributed by atoms with Gasteiger partial charge >= 0.3 is 5.97 Å². The fourth-order valence-electron chi connectivity index (χ4n) is 2.37. The van der Waals surface area contributed by atoms with Crippen molar-refractivity contribution in [1.82, 2.24) is 19.7 Å². The third-order valence-corrected chi connectivity index (χ3v) is 4.69. The van der Waals surface area contributed by atoms with Gasteiger partial charge in [-0.05, 0) is 31.9 Å². The molecule has 7 nitrogen and oxygen atoms in total. The zero-order chi connectivity index (χ0) is 17.1. The molecule has 0 radical (unpaired) electrons. The summed E-state index contributed by atoms with van der Waals surface area (Å²) < 4.78 is 1.82. The van der Waals surface area contributed by atoms with Gasteiger partial charge in [0.2, 0.25) is 5.91 Å². The Morgan fingerprint density at radius 2 is 2.04 bits per heavy atom. The molecular formula is C16H18N4O3S. The number of aryl methyl sites for hydroxylation is 1. The van der Waals surface area contributed by atoms with Crippen LogP contribution in [0.3, 0.4) is 0 Å². The largest absolute Gasteiger partial charge is 0.480 e. The van der Waals surface area contributed by atoms with Crippen LogP contribution in [0, 0.1) is 6.92 Å². The molecule has 0 spiro atoms. The number of carbonyl (C=O) groups excluding carboxylic acids is 1. The molecule has 0 aliphatic heterocycles. The van der Waals surface area contributed by atoms with Crippen LogP contribution in [0.15, 0.2) is 35.7 Å². The van der Waals surface area contributed by atoms with Crippen molar-refractivity contribution in [3.63, 3.8) is 0 Å². The Morgan fingerprint density at radius 1 is 1.33 bits per heavy atom. The lowest BCUT2D eigenvalue weighted by atomic mass is 10.2. The van der Waals surface area contributed by atoms with Gasteiger partial charge in [-0.3, -0.25) is 14.2 Å². The first-order chi connectivity index (χ1) is 11.5. The van der Waals surface area contributed by atoms with Crippen LogP contribution in [0.25, 0.3) is 5.69 Å². The first-order valence-electron chi connectivity index (χ1n) is 7.65. The Labute approximate surface area is 143 Å². The number of carbonyl (C=O) groups is 2. The third-order valence-electron chi connectivity index (χ3n) is 3.77. The van der Waals surface area contributed by atoms with Gasteiger partial charge in [0, 0.05) is 11.7 Å². The van der Waals surface area contributed by atoms with Crippen LogP contribution in [-0.4, -0.2) is 55.0 Å². The van der Waals surface area contributed by atoms with Crippen molar-refractivity contribution in [1.29, 1.82) is 0 Å². The minimum atomic E-state index is -0.983. The van der Waals surface area contributed by atoms with Gasteiger partial charge in [0.1, 0.15) is 12.9 Å². The van der Waals surface area contributed by atoms with E-state index in [1.165, 1.54) is 16.7 Å². The number of hydrogen-bond acceptors (Lipinski definition) is 5. The van der Waals surface area contributed by atoms with Gasteiger partial charge < -0.3 is 10.0 Å². The molecule has 1 heterocycles. The van der Waals surface area contributed by atoms with Gasteiger partial charge in [-0.2, -0.15) is 0 Å². The Hall–Kier alpha value is -2.35. The second kappa shape index (κ2) is 7.04. The molecule has 0 unspecified atom stereocenters. The molecule has 2 aromatic rings. The molecule has 0 bridgehead atoms. The highest BCUT2D eigenvalue weighted by molar-refractivity contribution is 7.99. The molecule has 1 amide bonds. The SMILES string of the molecule is Cc1ccc(-n2cnnc2SCC(=O)N(CC(=O)O)C2CC2)cc1. The number of nitrogens with zero attached hydrogens (tertiary/aromatic N) is 4. The van der Waals surface area contributed by atoms with Crippen molar-refractivity contribution >= 4 is 23.6 Å². The van der Waals surface area contributed by atoms with Gasteiger partial charge in [-0.15, -0.1) is 10.2 Å². The van der Waals surface area contributed by atoms with E-state index in [-0.39, 0.29) is 24.2 Å². The smallest absolute Gasteiger partial charge is 0.323 e. The zero-order valence-corrected chi connectivity index (χ0v) is 14.1. The molecule has 1 aromatic heterocycles. The third kappa shape index (κ3) is 3.94. The van der Waals surface area contributed by atoms with Crippen molar-refractivity contribution in [3.8, 4) is 5.69 Å². The summed E-state index contributed by atoms with van der Waals surface area (Å²) in [5, 5.41) is 17.5. The average Bonchev–Trinajstić information content (AvgIpc) is 3.29. The van der Waals surface area contributed by atoms with Gasteiger partial charge in [-0.1, -0.05) is 29.5 Å². The molecular weight excluding hydrogens is 328 g/mol. The molecule has 0 atom stereocenters. The van der Waals surface area contributed by atoms with Gasteiger partial charge in [0.25, 0.3) is 0 Å². The molecule has 1 aromatic carbocycles. The van der Waals surface area contributed by atoms with Gasteiger partial charge in [0.05, 0.1) is 5.75 Å². The molecule has 3 rings (SSSR count). The summed E-state index contributed by atoms with van der Waals surface area (Å²) in [6, 6.07) is 7.99. The highest BCUT2D eigenvalue weighted by atomic mass is 32.2. The first kappa shape index (κ1) is 16.5. The minimum absolute atomic E-state index is 0.0733. The van der Waals surface area contributed by atoms with Crippen LogP contribution in [0.1, 0.15) is 18.4 Å². The number of rotatable bonds is 7. The van der Waals surface area contributed by atoms with Crippen LogP contribution < -0.4 is 0 Å². The molecule has 8 heteroatoms. The molecule has 0 saturated heterocycles. The molecule has 1 aliphatic rings. The number of hydrogen-bond donors (Lipinski definition) is 1. The molecule has 24 heavy (non-hydrogen) atoms. The molecule has 1 N–H and O–H groups in total. The van der Waals surface area contributed by atoms with E-state index in [0.29, 0.717) is 5.16 Å². The van der Waals surface area contributed by atoms with E-state index in [9.17, 15) is 9.59 Å². The van der Waals surface area contributed by atoms with Gasteiger partial charge in [-0.25, -0.2) is 0 Å². The fourth-order valence-corrected chi connectivity index (χ4v) is 3.18. The number of carboxylic acid groups (broad SMARTS) is 1. The van der Waals surface area contributed by atoms with Crippen molar-refractivity contribution in [3.05, 3.63) is 36.2 Å². The predicted octanol–water partition coefficient (Wildman–Crippen LogP) is 1.74. The van der Waals surface area contributed by atoms with Crippen molar-refractivity contribution in [2.45, 2.75) is 31.0 Å². The lowest BCUT2D eigenvalue weighted by Crippen LogP contribution is -2.38.